The van der Waals surface area contributed by atoms with Crippen LogP contribution >= 0.6 is 0 Å². The van der Waals surface area contributed by atoms with E-state index in [1.54, 1.807) is 10.9 Å². The zero-order valence-corrected chi connectivity index (χ0v) is 25.9. The van der Waals surface area contributed by atoms with Gasteiger partial charge in [-0.25, -0.2) is 9.78 Å². The number of hydrogen-bond donors (Lipinski definition) is 6. The lowest BCUT2D eigenvalue weighted by atomic mass is 9.84. The Morgan fingerprint density at radius 1 is 0.915 bits per heavy atom. The predicted molar refractivity (Wildman–Crippen MR) is 175 cm³/mol. The summed E-state index contributed by atoms with van der Waals surface area (Å²) in [4.78, 5) is 40.5. The minimum absolute atomic E-state index is 0.00993. The number of fused-ring (bicyclic) bond motifs is 1. The molecule has 2 amide bonds. The second-order valence-corrected chi connectivity index (χ2v) is 12.9. The van der Waals surface area contributed by atoms with Crippen LogP contribution in [-0.4, -0.2) is 90.8 Å². The van der Waals surface area contributed by atoms with E-state index in [1.165, 1.54) is 0 Å². The molecule has 6 N–H and O–H groups in total. The van der Waals surface area contributed by atoms with Crippen LogP contribution in [0.15, 0.2) is 67.0 Å². The third-order valence-corrected chi connectivity index (χ3v) is 9.90. The Morgan fingerprint density at radius 3 is 2.26 bits per heavy atom. The molecule has 5 atom stereocenters. The number of nitrogens with one attached hydrogen (secondary N) is 3. The smallest absolute Gasteiger partial charge is 0.404 e. The quantitative estimate of drug-likeness (QED) is 0.151. The molecule has 7 rings (SSSR count). The highest BCUT2D eigenvalue weighted by molar-refractivity contribution is 5.85. The van der Waals surface area contributed by atoms with Crippen LogP contribution in [0, 0.1) is 5.92 Å². The molecule has 4 aromatic rings. The average Bonchev–Trinajstić information content (AvgIpc) is 3.75. The number of aromatic nitrogens is 4. The molecule has 2 aromatic heterocycles. The van der Waals surface area contributed by atoms with Crippen LogP contribution in [0.5, 0.6) is 0 Å². The molecule has 47 heavy (non-hydrogen) atoms. The number of imidazole rings is 1. The molecule has 3 fully saturated rings. The fraction of sp³-hybridized carbons (Fsp3) is 0.441. The van der Waals surface area contributed by atoms with Crippen LogP contribution in [0.4, 0.5) is 16.6 Å². The monoisotopic (exact) mass is 640 g/mol. The summed E-state index contributed by atoms with van der Waals surface area (Å²) < 4.78 is 1.77. The van der Waals surface area contributed by atoms with E-state index in [0.717, 1.165) is 30.4 Å². The zero-order chi connectivity index (χ0) is 32.5. The molecule has 2 aliphatic carbocycles. The number of amides is 2. The first-order valence-corrected chi connectivity index (χ1v) is 16.3. The van der Waals surface area contributed by atoms with Gasteiger partial charge in [0.1, 0.15) is 12.2 Å². The Kier molecular flexibility index (Phi) is 8.65. The van der Waals surface area contributed by atoms with Gasteiger partial charge in [-0.1, -0.05) is 67.1 Å². The number of aliphatic hydroxyl groups excluding tert-OH is 2. The van der Waals surface area contributed by atoms with Crippen molar-refractivity contribution in [3.8, 4) is 0 Å². The van der Waals surface area contributed by atoms with Gasteiger partial charge in [0.15, 0.2) is 17.0 Å². The maximum absolute atomic E-state index is 12.7. The molecule has 2 saturated carbocycles. The van der Waals surface area contributed by atoms with Crippen molar-refractivity contribution in [2.75, 3.05) is 29.9 Å². The molecule has 13 nitrogen and oxygen atoms in total. The lowest BCUT2D eigenvalue weighted by Gasteiger charge is -2.27. The van der Waals surface area contributed by atoms with Crippen molar-refractivity contribution in [3.63, 3.8) is 0 Å². The van der Waals surface area contributed by atoms with Crippen molar-refractivity contribution in [1.82, 2.24) is 30.2 Å². The highest BCUT2D eigenvalue weighted by Gasteiger charge is 2.45. The van der Waals surface area contributed by atoms with Gasteiger partial charge in [-0.2, -0.15) is 9.97 Å². The second kappa shape index (κ2) is 13.2. The number of carbonyl (C=O) groups excluding carboxylic acids is 1. The highest BCUT2D eigenvalue weighted by atomic mass is 16.4. The predicted octanol–water partition coefficient (Wildman–Crippen LogP) is 2.87. The number of carboxylic acid groups (broad SMARTS) is 1. The SMILES string of the molecule is O=C(O)N[C@@H]1CCN(c2nc(NCC(c3ccccc3)c3ccccc3)c3ncn([C@@H]4C[C@H](NC(=O)C5CCC5)[C@@H](O)[C@H]4O)c3n2)C1. The highest BCUT2D eigenvalue weighted by Crippen LogP contribution is 2.36. The summed E-state index contributed by atoms with van der Waals surface area (Å²) >= 11 is 0. The first kappa shape index (κ1) is 30.9. The Labute approximate surface area is 272 Å². The number of nitrogens with zero attached hydrogens (tertiary/aromatic N) is 5. The van der Waals surface area contributed by atoms with Gasteiger partial charge in [-0.05, 0) is 36.8 Å². The maximum Gasteiger partial charge on any atom is 0.404 e. The Balaban J connectivity index is 1.21. The van der Waals surface area contributed by atoms with E-state index in [1.807, 2.05) is 41.3 Å². The lowest BCUT2D eigenvalue weighted by molar-refractivity contribution is -0.129. The molecule has 1 aliphatic heterocycles. The van der Waals surface area contributed by atoms with Crippen LogP contribution in [0.2, 0.25) is 0 Å². The maximum atomic E-state index is 12.7. The molecular formula is C34H40N8O5. The summed E-state index contributed by atoms with van der Waals surface area (Å²) in [6.45, 7) is 1.47. The van der Waals surface area contributed by atoms with Gasteiger partial charge < -0.3 is 40.7 Å². The van der Waals surface area contributed by atoms with E-state index in [0.29, 0.717) is 55.4 Å². The summed E-state index contributed by atoms with van der Waals surface area (Å²) in [5.41, 5.74) is 3.27. The summed E-state index contributed by atoms with van der Waals surface area (Å²) in [7, 11) is 0. The number of anilines is 2. The molecule has 1 saturated heterocycles. The molecule has 0 unspecified atom stereocenters. The Bertz CT molecular complexity index is 1680. The number of rotatable bonds is 10. The Hall–Kier alpha value is -4.75. The van der Waals surface area contributed by atoms with Crippen molar-refractivity contribution in [3.05, 3.63) is 78.1 Å². The third-order valence-electron chi connectivity index (χ3n) is 9.90. The number of hydrogen-bond acceptors (Lipinski definition) is 9. The lowest BCUT2D eigenvalue weighted by Crippen LogP contribution is -2.46. The third kappa shape index (κ3) is 6.32. The molecule has 0 bridgehead atoms. The van der Waals surface area contributed by atoms with Gasteiger partial charge >= 0.3 is 6.09 Å². The van der Waals surface area contributed by atoms with Crippen LogP contribution in [0.25, 0.3) is 11.2 Å². The molecule has 0 radical (unpaired) electrons. The van der Waals surface area contributed by atoms with Crippen LogP contribution in [0.3, 0.4) is 0 Å². The molecule has 0 spiro atoms. The number of benzene rings is 2. The van der Waals surface area contributed by atoms with Crippen molar-refractivity contribution in [2.24, 2.45) is 5.92 Å². The second-order valence-electron chi connectivity index (χ2n) is 12.9. The minimum atomic E-state index is -1.15. The molecular weight excluding hydrogens is 600 g/mol. The van der Waals surface area contributed by atoms with Crippen LogP contribution < -0.4 is 20.9 Å². The largest absolute Gasteiger partial charge is 0.465 e. The number of carbonyl (C=O) groups is 2. The van der Waals surface area contributed by atoms with E-state index in [9.17, 15) is 24.9 Å². The first-order chi connectivity index (χ1) is 22.9. The Morgan fingerprint density at radius 2 is 1.62 bits per heavy atom. The zero-order valence-electron chi connectivity index (χ0n) is 25.9. The van der Waals surface area contributed by atoms with Gasteiger partial charge in [0.25, 0.3) is 0 Å². The minimum Gasteiger partial charge on any atom is -0.465 e. The van der Waals surface area contributed by atoms with Gasteiger partial charge in [0.2, 0.25) is 11.9 Å². The molecule has 246 valence electrons. The fourth-order valence-electron chi connectivity index (χ4n) is 7.04. The summed E-state index contributed by atoms with van der Waals surface area (Å²) in [5, 5.41) is 40.5. The van der Waals surface area contributed by atoms with E-state index < -0.39 is 30.4 Å². The van der Waals surface area contributed by atoms with E-state index in [4.69, 9.17) is 15.0 Å². The van der Waals surface area contributed by atoms with E-state index >= 15 is 0 Å². The normalized spacial score (nSPS) is 24.4. The van der Waals surface area contributed by atoms with Crippen molar-refractivity contribution in [1.29, 1.82) is 0 Å². The summed E-state index contributed by atoms with van der Waals surface area (Å²) in [6.07, 6.45) is 1.88. The van der Waals surface area contributed by atoms with Gasteiger partial charge in [0.05, 0.1) is 24.5 Å². The molecule has 2 aromatic carbocycles. The van der Waals surface area contributed by atoms with Gasteiger partial charge in [-0.3, -0.25) is 4.79 Å². The van der Waals surface area contributed by atoms with Crippen molar-refractivity contribution < 1.29 is 24.9 Å². The summed E-state index contributed by atoms with van der Waals surface area (Å²) in [6, 6.07) is 19.0. The average molecular weight is 641 g/mol. The van der Waals surface area contributed by atoms with Crippen LogP contribution in [-0.2, 0) is 4.79 Å². The van der Waals surface area contributed by atoms with Crippen molar-refractivity contribution >= 4 is 34.9 Å². The fourth-order valence-corrected chi connectivity index (χ4v) is 7.04. The van der Waals surface area contributed by atoms with Gasteiger partial charge in [0, 0.05) is 31.5 Å². The first-order valence-electron chi connectivity index (χ1n) is 16.3. The number of aliphatic hydroxyl groups is 2. The van der Waals surface area contributed by atoms with Crippen LogP contribution in [0.1, 0.15) is 55.2 Å². The summed E-state index contributed by atoms with van der Waals surface area (Å²) in [5.74, 6) is 0.820. The van der Waals surface area contributed by atoms with E-state index in [2.05, 4.69) is 40.2 Å². The molecule has 13 heteroatoms. The molecule has 3 heterocycles. The standard InChI is InChI=1S/C34H40N8O5/c43-28-25(38-32(45)22-12-7-13-22)16-26(29(28)44)42-19-36-27-30(39-33(40-31(27)42)41-15-14-23(18-41)37-34(46)47)35-17-24(20-8-3-1-4-9-20)21-10-5-2-6-11-21/h1-6,8-11,19,22-26,28-29,37,43-44H,7,12-18H2,(H,38,45)(H,46,47)(H,35,39,40)/t23-,25+,26-,28-,29+/m1/s1. The van der Waals surface area contributed by atoms with E-state index in [-0.39, 0.29) is 23.8 Å². The van der Waals surface area contributed by atoms with Crippen molar-refractivity contribution in [2.45, 2.75) is 68.4 Å². The topological polar surface area (TPSA) is 178 Å². The molecule has 3 aliphatic rings. The van der Waals surface area contributed by atoms with Gasteiger partial charge in [-0.15, -0.1) is 0 Å².